The molecule has 1 aliphatic heterocycles. The van der Waals surface area contributed by atoms with Gasteiger partial charge in [0.05, 0.1) is 7.11 Å². The molecule has 102 valence electrons. The standard InChI is InChI=1S/C14H18N2O3/c1-4-11-14(18)16(8-13(17)15-11)12-6-5-10(19-3)7-9(12)2/h5-7,11H,4,8H2,1-3H3,(H,15,17). The Morgan fingerprint density at radius 3 is 2.74 bits per heavy atom. The lowest BCUT2D eigenvalue weighted by molar-refractivity contribution is -0.131. The number of ether oxygens (including phenoxy) is 1. The van der Waals surface area contributed by atoms with Crippen LogP contribution in [0.4, 0.5) is 5.69 Å². The van der Waals surface area contributed by atoms with Gasteiger partial charge >= 0.3 is 0 Å². The summed E-state index contributed by atoms with van der Waals surface area (Å²) in [5, 5.41) is 2.70. The lowest BCUT2D eigenvalue weighted by Crippen LogP contribution is -2.58. The molecular formula is C14H18N2O3. The second-order valence-corrected chi connectivity index (χ2v) is 4.61. The van der Waals surface area contributed by atoms with Crippen LogP contribution < -0.4 is 15.0 Å². The molecule has 0 aromatic heterocycles. The number of hydrogen-bond donors (Lipinski definition) is 1. The minimum atomic E-state index is -0.428. The van der Waals surface area contributed by atoms with Crippen LogP contribution in [-0.2, 0) is 9.59 Å². The highest BCUT2D eigenvalue weighted by atomic mass is 16.5. The van der Waals surface area contributed by atoms with Crippen molar-refractivity contribution in [1.82, 2.24) is 5.32 Å². The molecule has 0 bridgehead atoms. The number of hydrogen-bond acceptors (Lipinski definition) is 3. The van der Waals surface area contributed by atoms with Gasteiger partial charge in [-0.2, -0.15) is 0 Å². The molecule has 0 radical (unpaired) electrons. The second-order valence-electron chi connectivity index (χ2n) is 4.61. The summed E-state index contributed by atoms with van der Waals surface area (Å²) >= 11 is 0. The number of methoxy groups -OCH3 is 1. The van der Waals surface area contributed by atoms with E-state index in [1.807, 2.05) is 26.0 Å². The average molecular weight is 262 g/mol. The topological polar surface area (TPSA) is 58.6 Å². The van der Waals surface area contributed by atoms with Crippen LogP contribution >= 0.6 is 0 Å². The molecule has 5 nitrogen and oxygen atoms in total. The first kappa shape index (κ1) is 13.4. The van der Waals surface area contributed by atoms with Crippen molar-refractivity contribution in [3.63, 3.8) is 0 Å². The third kappa shape index (κ3) is 2.54. The van der Waals surface area contributed by atoms with E-state index in [0.29, 0.717) is 6.42 Å². The number of aryl methyl sites for hydroxylation is 1. The highest BCUT2D eigenvalue weighted by molar-refractivity contribution is 6.06. The fourth-order valence-electron chi connectivity index (χ4n) is 2.25. The third-order valence-corrected chi connectivity index (χ3v) is 3.30. The Labute approximate surface area is 112 Å². The summed E-state index contributed by atoms with van der Waals surface area (Å²) in [5.41, 5.74) is 1.68. The van der Waals surface area contributed by atoms with Gasteiger partial charge in [-0.15, -0.1) is 0 Å². The van der Waals surface area contributed by atoms with Gasteiger partial charge in [-0.3, -0.25) is 9.59 Å². The third-order valence-electron chi connectivity index (χ3n) is 3.30. The molecule has 2 rings (SSSR count). The lowest BCUT2D eigenvalue weighted by atomic mass is 10.1. The Hall–Kier alpha value is -2.04. The Morgan fingerprint density at radius 1 is 1.42 bits per heavy atom. The average Bonchev–Trinajstić information content (AvgIpc) is 2.41. The van der Waals surface area contributed by atoms with Crippen molar-refractivity contribution >= 4 is 17.5 Å². The van der Waals surface area contributed by atoms with Gasteiger partial charge in [-0.25, -0.2) is 0 Å². The van der Waals surface area contributed by atoms with E-state index in [1.54, 1.807) is 18.1 Å². The molecule has 1 fully saturated rings. The van der Waals surface area contributed by atoms with Gasteiger partial charge in [0.25, 0.3) is 0 Å². The predicted octanol–water partition coefficient (Wildman–Crippen LogP) is 1.25. The monoisotopic (exact) mass is 262 g/mol. The van der Waals surface area contributed by atoms with E-state index < -0.39 is 6.04 Å². The van der Waals surface area contributed by atoms with Gasteiger partial charge in [0, 0.05) is 5.69 Å². The van der Waals surface area contributed by atoms with E-state index in [9.17, 15) is 9.59 Å². The highest BCUT2D eigenvalue weighted by Gasteiger charge is 2.32. The molecule has 1 aliphatic rings. The molecule has 0 spiro atoms. The van der Waals surface area contributed by atoms with Gasteiger partial charge in [0.1, 0.15) is 18.3 Å². The summed E-state index contributed by atoms with van der Waals surface area (Å²) in [5.74, 6) is 0.555. The van der Waals surface area contributed by atoms with Crippen LogP contribution in [0.5, 0.6) is 5.75 Å². The van der Waals surface area contributed by atoms with Crippen molar-refractivity contribution < 1.29 is 14.3 Å². The Kier molecular flexibility index (Phi) is 3.74. The van der Waals surface area contributed by atoms with Crippen LogP contribution in [-0.4, -0.2) is 31.5 Å². The van der Waals surface area contributed by atoms with E-state index in [0.717, 1.165) is 17.0 Å². The molecule has 1 atom stereocenters. The van der Waals surface area contributed by atoms with Crippen LogP contribution in [0.1, 0.15) is 18.9 Å². The Bertz CT molecular complexity index is 513. The molecule has 1 saturated heterocycles. The number of nitrogens with zero attached hydrogens (tertiary/aromatic N) is 1. The first-order valence-electron chi connectivity index (χ1n) is 6.32. The normalized spacial score (nSPS) is 19.3. The lowest BCUT2D eigenvalue weighted by Gasteiger charge is -2.33. The summed E-state index contributed by atoms with van der Waals surface area (Å²) in [6.07, 6.45) is 0.594. The number of carbonyl (C=O) groups is 2. The zero-order chi connectivity index (χ0) is 14.0. The number of nitrogens with one attached hydrogen (secondary N) is 1. The van der Waals surface area contributed by atoms with Crippen LogP contribution in [0.3, 0.4) is 0 Å². The van der Waals surface area contributed by atoms with Gasteiger partial charge < -0.3 is 15.0 Å². The first-order valence-corrected chi connectivity index (χ1v) is 6.32. The quantitative estimate of drug-likeness (QED) is 0.891. The number of rotatable bonds is 3. The van der Waals surface area contributed by atoms with Crippen molar-refractivity contribution in [1.29, 1.82) is 0 Å². The largest absolute Gasteiger partial charge is 0.497 e. The molecule has 1 N–H and O–H groups in total. The molecular weight excluding hydrogens is 244 g/mol. The fourth-order valence-corrected chi connectivity index (χ4v) is 2.25. The zero-order valence-corrected chi connectivity index (χ0v) is 11.4. The van der Waals surface area contributed by atoms with Crippen LogP contribution in [0.25, 0.3) is 0 Å². The Morgan fingerprint density at radius 2 is 2.16 bits per heavy atom. The molecule has 1 heterocycles. The number of benzene rings is 1. The number of piperazine rings is 1. The maximum absolute atomic E-state index is 12.3. The first-order chi connectivity index (χ1) is 9.06. The summed E-state index contributed by atoms with van der Waals surface area (Å²) in [6, 6.07) is 5.04. The smallest absolute Gasteiger partial charge is 0.250 e. The van der Waals surface area contributed by atoms with Gasteiger partial charge in [0.2, 0.25) is 11.8 Å². The van der Waals surface area contributed by atoms with E-state index in [1.165, 1.54) is 0 Å². The van der Waals surface area contributed by atoms with E-state index >= 15 is 0 Å². The maximum atomic E-state index is 12.3. The number of carbonyl (C=O) groups excluding carboxylic acids is 2. The molecule has 2 amide bonds. The van der Waals surface area contributed by atoms with Crippen LogP contribution in [0.15, 0.2) is 18.2 Å². The molecule has 0 saturated carbocycles. The van der Waals surface area contributed by atoms with Crippen LogP contribution in [0.2, 0.25) is 0 Å². The number of anilines is 1. The molecule has 1 aromatic carbocycles. The molecule has 1 aromatic rings. The van der Waals surface area contributed by atoms with Crippen molar-refractivity contribution in [2.75, 3.05) is 18.6 Å². The van der Waals surface area contributed by atoms with Gasteiger partial charge in [0.15, 0.2) is 0 Å². The molecule has 19 heavy (non-hydrogen) atoms. The molecule has 1 unspecified atom stereocenters. The van der Waals surface area contributed by atoms with E-state index in [4.69, 9.17) is 4.74 Å². The van der Waals surface area contributed by atoms with Crippen molar-refractivity contribution in [3.05, 3.63) is 23.8 Å². The predicted molar refractivity (Wildman–Crippen MR) is 72.3 cm³/mol. The Balaban J connectivity index is 2.34. The summed E-state index contributed by atoms with van der Waals surface area (Å²) in [7, 11) is 1.60. The summed E-state index contributed by atoms with van der Waals surface area (Å²) in [6.45, 7) is 3.86. The van der Waals surface area contributed by atoms with E-state index in [2.05, 4.69) is 5.32 Å². The second kappa shape index (κ2) is 5.30. The number of amides is 2. The molecule has 5 heteroatoms. The van der Waals surface area contributed by atoms with E-state index in [-0.39, 0.29) is 18.4 Å². The summed E-state index contributed by atoms with van der Waals surface area (Å²) < 4.78 is 5.14. The maximum Gasteiger partial charge on any atom is 0.250 e. The van der Waals surface area contributed by atoms with Crippen molar-refractivity contribution in [2.45, 2.75) is 26.3 Å². The van der Waals surface area contributed by atoms with Crippen molar-refractivity contribution in [2.24, 2.45) is 0 Å². The van der Waals surface area contributed by atoms with Crippen LogP contribution in [0, 0.1) is 6.92 Å². The highest BCUT2D eigenvalue weighted by Crippen LogP contribution is 2.26. The molecule has 0 aliphatic carbocycles. The minimum absolute atomic E-state index is 0.0598. The minimum Gasteiger partial charge on any atom is -0.497 e. The fraction of sp³-hybridized carbons (Fsp3) is 0.429. The van der Waals surface area contributed by atoms with Gasteiger partial charge in [-0.1, -0.05) is 6.92 Å². The van der Waals surface area contributed by atoms with Gasteiger partial charge in [-0.05, 0) is 37.1 Å². The van der Waals surface area contributed by atoms with Crippen molar-refractivity contribution in [3.8, 4) is 5.75 Å². The SMILES string of the molecule is CCC1NC(=O)CN(c2ccc(OC)cc2C)C1=O. The zero-order valence-electron chi connectivity index (χ0n) is 11.4. The summed E-state index contributed by atoms with van der Waals surface area (Å²) in [4.78, 5) is 25.5.